The van der Waals surface area contributed by atoms with Crippen LogP contribution in [0.4, 0.5) is 0 Å². The molecule has 1 saturated heterocycles. The summed E-state index contributed by atoms with van der Waals surface area (Å²) in [4.78, 5) is 28.0. The minimum absolute atomic E-state index is 0.00434. The van der Waals surface area contributed by atoms with Gasteiger partial charge in [0.1, 0.15) is 23.0 Å². The second-order valence-electron chi connectivity index (χ2n) is 9.10. The van der Waals surface area contributed by atoms with Crippen molar-refractivity contribution < 1.29 is 28.9 Å². The molecule has 1 aliphatic heterocycles. The molecule has 7 nitrogen and oxygen atoms in total. The van der Waals surface area contributed by atoms with Crippen molar-refractivity contribution in [2.45, 2.75) is 32.9 Å². The molecule has 7 heteroatoms. The van der Waals surface area contributed by atoms with E-state index in [2.05, 4.69) is 0 Å². The average molecular weight is 502 g/mol. The van der Waals surface area contributed by atoms with E-state index >= 15 is 0 Å². The number of carbonyl (C=O) groups excluding carboxylic acids is 2. The lowest BCUT2D eigenvalue weighted by molar-refractivity contribution is -0.140. The summed E-state index contributed by atoms with van der Waals surface area (Å²) in [6, 6.07) is 21.0. The number of para-hydroxylation sites is 1. The SMILES string of the molecule is COc1ccc(C)cc1/C(O)=C1\C(=O)C(=O)N(CCOC(C)C)C1c1cccc(Oc2ccccc2)c1. The number of hydrogen-bond acceptors (Lipinski definition) is 6. The largest absolute Gasteiger partial charge is 0.507 e. The number of nitrogens with zero attached hydrogens (tertiary/aromatic N) is 1. The van der Waals surface area contributed by atoms with Crippen LogP contribution in [0.5, 0.6) is 17.2 Å². The number of Topliss-reactive ketones (excluding diaryl/α,β-unsaturated/α-hetero) is 1. The molecule has 0 radical (unpaired) electrons. The molecule has 1 heterocycles. The van der Waals surface area contributed by atoms with Crippen molar-refractivity contribution in [2.75, 3.05) is 20.3 Å². The normalized spacial score (nSPS) is 16.9. The van der Waals surface area contributed by atoms with Crippen LogP contribution in [0.25, 0.3) is 5.76 Å². The zero-order valence-corrected chi connectivity index (χ0v) is 21.4. The highest BCUT2D eigenvalue weighted by Gasteiger charge is 2.46. The number of likely N-dealkylation sites (tertiary alicyclic amines) is 1. The first-order valence-electron chi connectivity index (χ1n) is 12.2. The smallest absolute Gasteiger partial charge is 0.295 e. The van der Waals surface area contributed by atoms with Crippen molar-refractivity contribution in [1.29, 1.82) is 0 Å². The Morgan fingerprint density at radius 1 is 0.973 bits per heavy atom. The Balaban J connectivity index is 1.82. The summed E-state index contributed by atoms with van der Waals surface area (Å²) in [5.74, 6) is -0.141. The third kappa shape index (κ3) is 5.67. The molecule has 0 aliphatic carbocycles. The second-order valence-corrected chi connectivity index (χ2v) is 9.10. The van der Waals surface area contributed by atoms with Crippen LogP contribution >= 0.6 is 0 Å². The number of benzene rings is 3. The molecule has 1 N–H and O–H groups in total. The summed E-state index contributed by atoms with van der Waals surface area (Å²) in [5.41, 5.74) is 1.85. The van der Waals surface area contributed by atoms with Crippen molar-refractivity contribution in [3.8, 4) is 17.2 Å². The fourth-order valence-corrected chi connectivity index (χ4v) is 4.37. The van der Waals surface area contributed by atoms with E-state index in [0.717, 1.165) is 5.56 Å². The second kappa shape index (κ2) is 11.3. The van der Waals surface area contributed by atoms with Crippen LogP contribution in [-0.2, 0) is 14.3 Å². The van der Waals surface area contributed by atoms with Gasteiger partial charge in [-0.2, -0.15) is 0 Å². The predicted molar refractivity (Wildman–Crippen MR) is 141 cm³/mol. The lowest BCUT2D eigenvalue weighted by Crippen LogP contribution is -2.33. The number of ketones is 1. The summed E-state index contributed by atoms with van der Waals surface area (Å²) in [6.07, 6.45) is -0.0329. The number of rotatable bonds is 9. The Morgan fingerprint density at radius 3 is 2.41 bits per heavy atom. The maximum absolute atomic E-state index is 13.3. The van der Waals surface area contributed by atoms with Crippen LogP contribution in [0.3, 0.4) is 0 Å². The van der Waals surface area contributed by atoms with E-state index in [1.807, 2.05) is 63.2 Å². The Hall–Kier alpha value is -4.10. The summed E-state index contributed by atoms with van der Waals surface area (Å²) in [6.45, 7) is 6.11. The van der Waals surface area contributed by atoms with Crippen molar-refractivity contribution in [3.63, 3.8) is 0 Å². The summed E-state index contributed by atoms with van der Waals surface area (Å²) < 4.78 is 17.1. The maximum atomic E-state index is 13.3. The molecular formula is C30H31NO6. The van der Waals surface area contributed by atoms with Gasteiger partial charge in [-0.15, -0.1) is 0 Å². The first-order valence-corrected chi connectivity index (χ1v) is 12.2. The number of carbonyl (C=O) groups is 2. The van der Waals surface area contributed by atoms with Crippen LogP contribution in [-0.4, -0.2) is 48.1 Å². The number of amides is 1. The van der Waals surface area contributed by atoms with E-state index < -0.39 is 17.7 Å². The van der Waals surface area contributed by atoms with Gasteiger partial charge in [0, 0.05) is 6.54 Å². The monoisotopic (exact) mass is 501 g/mol. The van der Waals surface area contributed by atoms with E-state index in [4.69, 9.17) is 14.2 Å². The van der Waals surface area contributed by atoms with Gasteiger partial charge in [-0.25, -0.2) is 0 Å². The van der Waals surface area contributed by atoms with Crippen LogP contribution in [0.2, 0.25) is 0 Å². The van der Waals surface area contributed by atoms with Crippen LogP contribution in [0.1, 0.15) is 36.6 Å². The summed E-state index contributed by atoms with van der Waals surface area (Å²) >= 11 is 0. The van der Waals surface area contributed by atoms with E-state index in [1.54, 1.807) is 30.3 Å². The number of aliphatic hydroxyl groups is 1. The van der Waals surface area contributed by atoms with Gasteiger partial charge in [0.15, 0.2) is 0 Å². The van der Waals surface area contributed by atoms with Gasteiger partial charge >= 0.3 is 0 Å². The molecule has 37 heavy (non-hydrogen) atoms. The number of aliphatic hydroxyl groups excluding tert-OH is 1. The van der Waals surface area contributed by atoms with Gasteiger partial charge in [0.2, 0.25) is 0 Å². The molecule has 0 spiro atoms. The number of ether oxygens (including phenoxy) is 3. The Kier molecular flexibility index (Phi) is 7.94. The quantitative estimate of drug-likeness (QED) is 0.232. The maximum Gasteiger partial charge on any atom is 0.295 e. The fourth-order valence-electron chi connectivity index (χ4n) is 4.37. The molecule has 4 rings (SSSR count). The zero-order valence-electron chi connectivity index (χ0n) is 21.4. The first-order chi connectivity index (χ1) is 17.8. The van der Waals surface area contributed by atoms with Gasteiger partial charge in [0.05, 0.1) is 37.0 Å². The Bertz CT molecular complexity index is 1310. The molecule has 1 unspecified atom stereocenters. The molecule has 0 bridgehead atoms. The van der Waals surface area contributed by atoms with Crippen molar-refractivity contribution in [3.05, 3.63) is 95.1 Å². The number of aryl methyl sites for hydroxylation is 1. The van der Waals surface area contributed by atoms with E-state index in [-0.39, 0.29) is 30.6 Å². The first kappa shape index (κ1) is 26.0. The minimum atomic E-state index is -0.833. The summed E-state index contributed by atoms with van der Waals surface area (Å²) in [5, 5.41) is 11.4. The molecular weight excluding hydrogens is 470 g/mol. The third-order valence-corrected chi connectivity index (χ3v) is 6.09. The van der Waals surface area contributed by atoms with Crippen molar-refractivity contribution >= 4 is 17.4 Å². The highest BCUT2D eigenvalue weighted by atomic mass is 16.5. The van der Waals surface area contributed by atoms with Gasteiger partial charge < -0.3 is 24.2 Å². The fraction of sp³-hybridized carbons (Fsp3) is 0.267. The molecule has 192 valence electrons. The minimum Gasteiger partial charge on any atom is -0.507 e. The molecule has 0 aromatic heterocycles. The topological polar surface area (TPSA) is 85.3 Å². The molecule has 1 aliphatic rings. The molecule has 1 amide bonds. The lowest BCUT2D eigenvalue weighted by atomic mass is 9.94. The van der Waals surface area contributed by atoms with Crippen LogP contribution < -0.4 is 9.47 Å². The molecule has 1 atom stereocenters. The highest BCUT2D eigenvalue weighted by Crippen LogP contribution is 2.42. The van der Waals surface area contributed by atoms with Crippen molar-refractivity contribution in [1.82, 2.24) is 4.90 Å². The molecule has 3 aromatic carbocycles. The van der Waals surface area contributed by atoms with E-state index in [1.165, 1.54) is 12.0 Å². The zero-order chi connectivity index (χ0) is 26.5. The third-order valence-electron chi connectivity index (χ3n) is 6.09. The van der Waals surface area contributed by atoms with Crippen LogP contribution in [0, 0.1) is 6.92 Å². The van der Waals surface area contributed by atoms with Gasteiger partial charge in [-0.05, 0) is 62.7 Å². The predicted octanol–water partition coefficient (Wildman–Crippen LogP) is 5.64. The Labute approximate surface area is 216 Å². The van der Waals surface area contributed by atoms with Crippen molar-refractivity contribution in [2.24, 2.45) is 0 Å². The van der Waals surface area contributed by atoms with E-state index in [0.29, 0.717) is 28.4 Å². The van der Waals surface area contributed by atoms with E-state index in [9.17, 15) is 14.7 Å². The van der Waals surface area contributed by atoms with Gasteiger partial charge in [-0.1, -0.05) is 42.0 Å². The highest BCUT2D eigenvalue weighted by molar-refractivity contribution is 6.46. The van der Waals surface area contributed by atoms with Gasteiger partial charge in [0.25, 0.3) is 11.7 Å². The molecule has 0 saturated carbocycles. The number of methoxy groups -OCH3 is 1. The Morgan fingerprint density at radius 2 is 1.70 bits per heavy atom. The van der Waals surface area contributed by atoms with Crippen LogP contribution in [0.15, 0.2) is 78.4 Å². The lowest BCUT2D eigenvalue weighted by Gasteiger charge is -2.26. The number of hydrogen-bond donors (Lipinski definition) is 1. The summed E-state index contributed by atoms with van der Waals surface area (Å²) in [7, 11) is 1.49. The molecule has 1 fully saturated rings. The average Bonchev–Trinajstić information content (AvgIpc) is 3.14. The molecule has 3 aromatic rings. The standard InChI is InChI=1S/C30H31NO6/c1-19(2)36-16-15-31-27(21-9-8-12-23(18-21)37-22-10-6-5-7-11-22)26(29(33)30(31)34)28(32)24-17-20(3)13-14-25(24)35-4/h5-14,17-19,27,32H,15-16H2,1-4H3/b28-26+. The van der Waals surface area contributed by atoms with Gasteiger partial charge in [-0.3, -0.25) is 9.59 Å².